The number of amides is 2. The lowest BCUT2D eigenvalue weighted by atomic mass is 9.88. The Balaban J connectivity index is 1.79. The summed E-state index contributed by atoms with van der Waals surface area (Å²) >= 11 is 0. The van der Waals surface area contributed by atoms with Crippen LogP contribution in [-0.2, 0) is 6.42 Å². The number of carbonyl (C=O) groups excluding carboxylic acids is 2. The molecule has 0 fully saturated rings. The van der Waals surface area contributed by atoms with E-state index in [2.05, 4.69) is 63.8 Å². The van der Waals surface area contributed by atoms with Crippen molar-refractivity contribution in [3.8, 4) is 11.8 Å². The van der Waals surface area contributed by atoms with E-state index in [0.29, 0.717) is 11.1 Å². The second-order valence-corrected chi connectivity index (χ2v) is 9.46. The van der Waals surface area contributed by atoms with Crippen molar-refractivity contribution in [3.05, 3.63) is 70.3 Å². The van der Waals surface area contributed by atoms with Gasteiger partial charge >= 0.3 is 0 Å². The van der Waals surface area contributed by atoms with Crippen LogP contribution in [0.1, 0.15) is 116 Å². The smallest absolute Gasteiger partial charge is 0.262 e. The third-order valence-electron chi connectivity index (χ3n) is 6.66. The maximum Gasteiger partial charge on any atom is 0.262 e. The van der Waals surface area contributed by atoms with E-state index < -0.39 is 5.54 Å². The Hall–Kier alpha value is -2.86. The van der Waals surface area contributed by atoms with Gasteiger partial charge in [0.05, 0.1) is 11.1 Å². The fourth-order valence-corrected chi connectivity index (χ4v) is 4.73. The molecule has 1 aliphatic rings. The molecule has 2 aromatic carbocycles. The van der Waals surface area contributed by atoms with Crippen LogP contribution in [0.3, 0.4) is 0 Å². The second-order valence-electron chi connectivity index (χ2n) is 9.46. The van der Waals surface area contributed by atoms with Gasteiger partial charge in [-0.25, -0.2) is 0 Å². The van der Waals surface area contributed by atoms with Crippen LogP contribution in [0, 0.1) is 11.8 Å². The minimum absolute atomic E-state index is 0.166. The summed E-state index contributed by atoms with van der Waals surface area (Å²) in [6.45, 7) is 8.52. The summed E-state index contributed by atoms with van der Waals surface area (Å²) in [5, 5.41) is 0. The molecule has 3 nitrogen and oxygen atoms in total. The van der Waals surface area contributed by atoms with Crippen molar-refractivity contribution in [3.63, 3.8) is 0 Å². The van der Waals surface area contributed by atoms with E-state index in [1.54, 1.807) is 12.1 Å². The van der Waals surface area contributed by atoms with Crippen molar-refractivity contribution >= 4 is 11.8 Å². The fraction of sp³-hybridized carbons (Fsp3) is 0.467. The summed E-state index contributed by atoms with van der Waals surface area (Å²) in [5.41, 5.74) is 3.60. The molecule has 1 unspecified atom stereocenters. The summed E-state index contributed by atoms with van der Waals surface area (Å²) in [7, 11) is 0. The monoisotopic (exact) mass is 443 g/mol. The number of hydrogen-bond acceptors (Lipinski definition) is 2. The molecule has 0 aliphatic carbocycles. The van der Waals surface area contributed by atoms with E-state index >= 15 is 0 Å². The van der Waals surface area contributed by atoms with Gasteiger partial charge in [-0.05, 0) is 68.5 Å². The molecule has 0 saturated heterocycles. The molecule has 2 amide bonds. The van der Waals surface area contributed by atoms with E-state index in [9.17, 15) is 9.59 Å². The molecule has 33 heavy (non-hydrogen) atoms. The molecular weight excluding hydrogens is 406 g/mol. The molecule has 0 N–H and O–H groups in total. The molecule has 1 atom stereocenters. The van der Waals surface area contributed by atoms with Crippen molar-refractivity contribution in [2.75, 3.05) is 0 Å². The third-order valence-corrected chi connectivity index (χ3v) is 6.66. The molecule has 0 radical (unpaired) electrons. The molecule has 174 valence electrons. The Labute approximate surface area is 199 Å². The zero-order chi connectivity index (χ0) is 23.8. The molecule has 0 aromatic heterocycles. The van der Waals surface area contributed by atoms with Gasteiger partial charge in [-0.1, -0.05) is 76.8 Å². The lowest BCUT2D eigenvalue weighted by Gasteiger charge is -2.37. The van der Waals surface area contributed by atoms with Crippen LogP contribution in [0.25, 0.3) is 0 Å². The highest BCUT2D eigenvalue weighted by atomic mass is 16.2. The number of hydrogen-bond donors (Lipinski definition) is 0. The minimum atomic E-state index is -0.442. The first-order chi connectivity index (χ1) is 15.9. The first-order valence-corrected chi connectivity index (χ1v) is 12.6. The van der Waals surface area contributed by atoms with Crippen LogP contribution in [0.5, 0.6) is 0 Å². The molecule has 3 rings (SSSR count). The van der Waals surface area contributed by atoms with Gasteiger partial charge in [0.25, 0.3) is 11.8 Å². The van der Waals surface area contributed by atoms with Crippen LogP contribution in [0.4, 0.5) is 0 Å². The van der Waals surface area contributed by atoms with Crippen LogP contribution in [-0.4, -0.2) is 22.3 Å². The third kappa shape index (κ3) is 5.74. The van der Waals surface area contributed by atoms with Gasteiger partial charge in [0, 0.05) is 16.7 Å². The first-order valence-electron chi connectivity index (χ1n) is 12.6. The lowest BCUT2D eigenvalue weighted by molar-refractivity contribution is 0.0410. The van der Waals surface area contributed by atoms with Crippen molar-refractivity contribution in [2.45, 2.75) is 91.0 Å². The lowest BCUT2D eigenvalue weighted by Crippen LogP contribution is -2.49. The van der Waals surface area contributed by atoms with E-state index in [0.717, 1.165) is 49.7 Å². The number of nitrogens with zero attached hydrogens (tertiary/aromatic N) is 1. The Morgan fingerprint density at radius 3 is 2.03 bits per heavy atom. The van der Waals surface area contributed by atoms with Crippen molar-refractivity contribution in [2.24, 2.45) is 0 Å². The number of fused-ring (bicyclic) bond motifs is 1. The highest BCUT2D eigenvalue weighted by Gasteiger charge is 2.45. The topological polar surface area (TPSA) is 37.4 Å². The van der Waals surface area contributed by atoms with Gasteiger partial charge in [-0.2, -0.15) is 0 Å². The van der Waals surface area contributed by atoms with Crippen LogP contribution < -0.4 is 0 Å². The quantitative estimate of drug-likeness (QED) is 0.222. The van der Waals surface area contributed by atoms with Crippen LogP contribution >= 0.6 is 0 Å². The summed E-state index contributed by atoms with van der Waals surface area (Å²) in [5.74, 6) is 6.04. The van der Waals surface area contributed by atoms with E-state index in [1.807, 2.05) is 6.07 Å². The molecule has 0 saturated carbocycles. The zero-order valence-electron chi connectivity index (χ0n) is 20.7. The van der Waals surface area contributed by atoms with E-state index in [-0.39, 0.29) is 11.8 Å². The Bertz CT molecular complexity index is 1040. The predicted molar refractivity (Wildman–Crippen MR) is 135 cm³/mol. The fourth-order valence-electron chi connectivity index (χ4n) is 4.73. The van der Waals surface area contributed by atoms with Gasteiger partial charge in [0.1, 0.15) is 0 Å². The van der Waals surface area contributed by atoms with Gasteiger partial charge in [-0.3, -0.25) is 14.5 Å². The largest absolute Gasteiger partial charge is 0.269 e. The van der Waals surface area contributed by atoms with E-state index in [4.69, 9.17) is 0 Å². The molecule has 3 heteroatoms. The van der Waals surface area contributed by atoms with Gasteiger partial charge in [0.15, 0.2) is 0 Å². The second kappa shape index (κ2) is 11.3. The number of carbonyl (C=O) groups is 2. The van der Waals surface area contributed by atoms with E-state index in [1.165, 1.54) is 29.7 Å². The van der Waals surface area contributed by atoms with Gasteiger partial charge in [0.2, 0.25) is 0 Å². The summed E-state index contributed by atoms with van der Waals surface area (Å²) in [4.78, 5) is 28.0. The summed E-state index contributed by atoms with van der Waals surface area (Å²) in [6, 6.07) is 13.8. The number of rotatable bonds is 10. The maximum atomic E-state index is 13.3. The van der Waals surface area contributed by atoms with Crippen LogP contribution in [0.15, 0.2) is 42.5 Å². The van der Waals surface area contributed by atoms with Crippen LogP contribution in [0.2, 0.25) is 0 Å². The van der Waals surface area contributed by atoms with Crippen molar-refractivity contribution in [1.82, 2.24) is 4.90 Å². The average molecular weight is 444 g/mol. The number of imide groups is 1. The summed E-state index contributed by atoms with van der Waals surface area (Å²) in [6.07, 6.45) is 9.44. The number of benzene rings is 2. The highest BCUT2D eigenvalue weighted by Crippen LogP contribution is 2.35. The number of aryl methyl sites for hydroxylation is 1. The highest BCUT2D eigenvalue weighted by molar-refractivity contribution is 6.22. The Kier molecular flexibility index (Phi) is 8.50. The molecular formula is C30H37NO2. The van der Waals surface area contributed by atoms with Gasteiger partial charge < -0.3 is 0 Å². The summed E-state index contributed by atoms with van der Waals surface area (Å²) < 4.78 is 0. The molecule has 0 bridgehead atoms. The zero-order valence-corrected chi connectivity index (χ0v) is 20.7. The predicted octanol–water partition coefficient (Wildman–Crippen LogP) is 7.16. The van der Waals surface area contributed by atoms with Crippen molar-refractivity contribution < 1.29 is 9.59 Å². The maximum absolute atomic E-state index is 13.3. The Morgan fingerprint density at radius 2 is 1.36 bits per heavy atom. The standard InChI is InChI=1S/C30H37NO2/c1-5-8-10-11-23-12-14-24(15-13-23)16-17-25-18-19-26-27(22-25)29(33)31(28(26)32)30(4,20-7-3)21-9-6-2/h12-15,18-19,22H,5-11,20-21H2,1-4H3. The number of unbranched alkanes of at least 4 members (excludes halogenated alkanes) is 3. The normalized spacial score (nSPS) is 14.6. The molecule has 0 spiro atoms. The average Bonchev–Trinajstić information content (AvgIpc) is 3.07. The van der Waals surface area contributed by atoms with Gasteiger partial charge in [-0.15, -0.1) is 0 Å². The SMILES string of the molecule is CCCCCc1ccc(C#Cc2ccc3c(c2)C(=O)N(C(C)(CCC)CCCC)C3=O)cc1. The van der Waals surface area contributed by atoms with Crippen molar-refractivity contribution in [1.29, 1.82) is 0 Å². The minimum Gasteiger partial charge on any atom is -0.269 e. The molecule has 1 aliphatic heterocycles. The first kappa shape index (κ1) is 24.8. The molecule has 2 aromatic rings. The molecule has 1 heterocycles. The Morgan fingerprint density at radius 1 is 0.727 bits per heavy atom.